The predicted octanol–water partition coefficient (Wildman–Crippen LogP) is 8.29. The maximum atomic E-state index is 10.8. The summed E-state index contributed by atoms with van der Waals surface area (Å²) in [6.45, 7) is 5.66. The van der Waals surface area contributed by atoms with E-state index in [0.717, 1.165) is 11.4 Å². The minimum Gasteiger partial charge on any atom is -0.383 e. The van der Waals surface area contributed by atoms with Gasteiger partial charge in [0.2, 0.25) is 0 Å². The van der Waals surface area contributed by atoms with Crippen molar-refractivity contribution >= 4 is 50.6 Å². The number of aryl methyl sites for hydroxylation is 2. The molecule has 0 bridgehead atoms. The molecule has 0 aliphatic carbocycles. The van der Waals surface area contributed by atoms with E-state index in [0.29, 0.717) is 12.2 Å². The third-order valence-electron chi connectivity index (χ3n) is 4.86. The zero-order valence-corrected chi connectivity index (χ0v) is 25.9. The van der Waals surface area contributed by atoms with Crippen molar-refractivity contribution in [3.63, 3.8) is 0 Å². The summed E-state index contributed by atoms with van der Waals surface area (Å²) >= 11 is 1.52. The molecule has 0 spiro atoms. The largest absolute Gasteiger partial charge is 0.383 e. The van der Waals surface area contributed by atoms with Crippen LogP contribution in [0.3, 0.4) is 0 Å². The van der Waals surface area contributed by atoms with Gasteiger partial charge in [-0.1, -0.05) is 118 Å². The number of hydrogen-bond acceptors (Lipinski definition) is 7. The van der Waals surface area contributed by atoms with Crippen LogP contribution in [-0.2, 0) is 4.79 Å². The number of nitrogens with zero attached hydrogens (tertiary/aromatic N) is 1. The average molecular weight is 591 g/mol. The Labute approximate surface area is 251 Å². The Morgan fingerprint density at radius 3 is 1.65 bits per heavy atom. The lowest BCUT2D eigenvalue weighted by Gasteiger charge is -2.08. The fourth-order valence-electron chi connectivity index (χ4n) is 2.95. The minimum absolute atomic E-state index is 0.638. The Kier molecular flexibility index (Phi) is 19.5. The first-order valence-corrected chi connectivity index (χ1v) is 16.3. The zero-order valence-electron chi connectivity index (χ0n) is 23.5. The number of carbonyl (C=O) groups is 1. The third-order valence-corrected chi connectivity index (χ3v) is 7.39. The van der Waals surface area contributed by atoms with Crippen molar-refractivity contribution in [2.45, 2.75) is 23.6 Å². The van der Waals surface area contributed by atoms with Gasteiger partial charge in [-0.3, -0.25) is 4.79 Å². The molecule has 4 aromatic carbocycles. The van der Waals surface area contributed by atoms with Crippen LogP contribution in [0.1, 0.15) is 11.1 Å². The second-order valence-electron chi connectivity index (χ2n) is 8.04. The van der Waals surface area contributed by atoms with Crippen molar-refractivity contribution < 1.29 is 4.79 Å². The van der Waals surface area contributed by atoms with Crippen molar-refractivity contribution in [2.24, 2.45) is 5.73 Å². The van der Waals surface area contributed by atoms with Crippen LogP contribution in [0.2, 0.25) is 0 Å². The van der Waals surface area contributed by atoms with Gasteiger partial charge >= 0.3 is 5.91 Å². The molecule has 0 atom stereocenters. The summed E-state index contributed by atoms with van der Waals surface area (Å²) in [7, 11) is 3.51. The lowest BCUT2D eigenvalue weighted by Crippen LogP contribution is -2.13. The third kappa shape index (κ3) is 15.9. The summed E-state index contributed by atoms with van der Waals surface area (Å²) < 4.78 is 0. The number of amides is 1. The van der Waals surface area contributed by atoms with Gasteiger partial charge in [0.25, 0.3) is 0 Å². The van der Waals surface area contributed by atoms with Crippen LogP contribution in [-0.4, -0.2) is 31.5 Å². The predicted molar refractivity (Wildman–Crippen MR) is 178 cm³/mol. The van der Waals surface area contributed by atoms with Crippen LogP contribution < -0.4 is 16.4 Å². The highest BCUT2D eigenvalue weighted by molar-refractivity contribution is 8.76. The van der Waals surface area contributed by atoms with E-state index in [-0.39, 0.29) is 0 Å². The topological polar surface area (TPSA) is 90.9 Å². The van der Waals surface area contributed by atoms with Gasteiger partial charge in [0.05, 0.1) is 5.69 Å². The number of anilines is 2. The smallest absolute Gasteiger partial charge is 0.326 e. The van der Waals surface area contributed by atoms with E-state index in [1.165, 1.54) is 39.5 Å². The number of thioether (sulfide) groups is 1. The quantitative estimate of drug-likeness (QED) is 0.113. The molecule has 5 nitrogen and oxygen atoms in total. The van der Waals surface area contributed by atoms with Gasteiger partial charge in [0.15, 0.2) is 6.07 Å². The van der Waals surface area contributed by atoms with Crippen LogP contribution >= 0.6 is 33.3 Å². The molecular formula is C32H38N4OS3. The highest BCUT2D eigenvalue weighted by Crippen LogP contribution is 2.34. The van der Waals surface area contributed by atoms with E-state index in [1.807, 2.05) is 73.0 Å². The van der Waals surface area contributed by atoms with Gasteiger partial charge in [-0.25, -0.2) is 0 Å². The number of hydrogen-bond donors (Lipinski definition) is 3. The number of nitrogens with two attached hydrogens (primary N) is 1. The molecule has 0 heterocycles. The molecule has 40 heavy (non-hydrogen) atoms. The molecule has 4 N–H and O–H groups in total. The van der Waals surface area contributed by atoms with Crippen LogP contribution in [0.5, 0.6) is 0 Å². The van der Waals surface area contributed by atoms with Crippen molar-refractivity contribution in [3.05, 3.63) is 120 Å². The van der Waals surface area contributed by atoms with Crippen LogP contribution in [0.25, 0.3) is 0 Å². The molecule has 4 rings (SSSR count). The van der Waals surface area contributed by atoms with Crippen molar-refractivity contribution in [1.29, 1.82) is 5.26 Å². The number of nitriles is 1. The van der Waals surface area contributed by atoms with Crippen LogP contribution in [0.15, 0.2) is 119 Å². The Hall–Kier alpha value is -3.35. The SMILES string of the molecule is CSSc1ccccc1NCCN.CSc1ccccc1NC(=O)C#N.Cc1ccccc1.Cc1ccccc1. The van der Waals surface area contributed by atoms with Crippen molar-refractivity contribution in [1.82, 2.24) is 0 Å². The molecule has 4 aromatic rings. The molecule has 0 aliphatic heterocycles. The summed E-state index contributed by atoms with van der Waals surface area (Å²) in [5, 5.41) is 14.1. The van der Waals surface area contributed by atoms with Crippen molar-refractivity contribution in [3.8, 4) is 6.07 Å². The summed E-state index contributed by atoms with van der Waals surface area (Å²) in [4.78, 5) is 13.0. The highest BCUT2D eigenvalue weighted by atomic mass is 33.1. The molecule has 0 saturated carbocycles. The first-order chi connectivity index (χ1) is 19.4. The first kappa shape index (κ1) is 34.7. The number of para-hydroxylation sites is 2. The molecule has 0 radical (unpaired) electrons. The Morgan fingerprint density at radius 2 is 1.23 bits per heavy atom. The summed E-state index contributed by atoms with van der Waals surface area (Å²) in [5.74, 6) is -0.638. The van der Waals surface area contributed by atoms with Gasteiger partial charge in [0.1, 0.15) is 0 Å². The molecule has 210 valence electrons. The van der Waals surface area contributed by atoms with Gasteiger partial charge in [-0.05, 0) is 50.6 Å². The maximum absolute atomic E-state index is 10.8. The number of rotatable bonds is 7. The fraction of sp³-hybridized carbons (Fsp3) is 0.188. The minimum atomic E-state index is -0.638. The molecule has 8 heteroatoms. The Morgan fingerprint density at radius 1 is 0.750 bits per heavy atom. The first-order valence-electron chi connectivity index (χ1n) is 12.6. The number of nitrogens with one attached hydrogen (secondary N) is 2. The normalized spacial score (nSPS) is 9.20. The fourth-order valence-corrected chi connectivity index (χ4v) is 5.02. The standard InChI is InChI=1S/C9H8N2OS.C9H14N2S2.2C7H8/c1-13-8-5-3-2-4-7(8)11-9(12)6-10;1-12-13-9-5-3-2-4-8(9)11-7-6-10;2*1-7-5-3-2-4-6-7/h2-5H,1H3,(H,11,12);2-5,11H,6-7,10H2,1H3;2*2-6H,1H3. The van der Waals surface area contributed by atoms with Crippen LogP contribution in [0, 0.1) is 25.2 Å². The molecule has 0 saturated heterocycles. The summed E-state index contributed by atoms with van der Waals surface area (Å²) in [5.41, 5.74) is 9.92. The van der Waals surface area contributed by atoms with Gasteiger partial charge in [-0.2, -0.15) is 5.26 Å². The molecule has 0 unspecified atom stereocenters. The summed E-state index contributed by atoms with van der Waals surface area (Å²) in [6.07, 6.45) is 3.99. The van der Waals surface area contributed by atoms with E-state index in [9.17, 15) is 4.79 Å². The molecule has 0 aromatic heterocycles. The second-order valence-corrected chi connectivity index (χ2v) is 11.3. The average Bonchev–Trinajstić information content (AvgIpc) is 2.99. The van der Waals surface area contributed by atoms with Gasteiger partial charge < -0.3 is 16.4 Å². The zero-order chi connectivity index (χ0) is 29.4. The Bertz CT molecular complexity index is 1230. The van der Waals surface area contributed by atoms with Crippen molar-refractivity contribution in [2.75, 3.05) is 36.2 Å². The second kappa shape index (κ2) is 22.5. The molecule has 0 aliphatic rings. The molecule has 1 amide bonds. The number of benzene rings is 4. The molecule has 0 fully saturated rings. The van der Waals surface area contributed by atoms with E-state index < -0.39 is 5.91 Å². The van der Waals surface area contributed by atoms with Gasteiger partial charge in [0, 0.05) is 28.6 Å². The monoisotopic (exact) mass is 590 g/mol. The molecular weight excluding hydrogens is 553 g/mol. The maximum Gasteiger partial charge on any atom is 0.326 e. The van der Waals surface area contributed by atoms with E-state index in [1.54, 1.807) is 27.7 Å². The lowest BCUT2D eigenvalue weighted by molar-refractivity contribution is -0.111. The van der Waals surface area contributed by atoms with E-state index in [2.05, 4.69) is 67.1 Å². The van der Waals surface area contributed by atoms with E-state index >= 15 is 0 Å². The van der Waals surface area contributed by atoms with E-state index in [4.69, 9.17) is 11.0 Å². The van der Waals surface area contributed by atoms with Gasteiger partial charge in [-0.15, -0.1) is 11.8 Å². The number of carbonyl (C=O) groups excluding carboxylic acids is 1. The summed E-state index contributed by atoms with van der Waals surface area (Å²) in [6, 6.07) is 37.6. The Balaban J connectivity index is 0.000000277. The highest BCUT2D eigenvalue weighted by Gasteiger charge is 2.03. The van der Waals surface area contributed by atoms with Crippen LogP contribution in [0.4, 0.5) is 11.4 Å². The lowest BCUT2D eigenvalue weighted by atomic mass is 10.2.